The number of rotatable bonds is 4. The van der Waals surface area contributed by atoms with E-state index in [4.69, 9.17) is 14.2 Å². The molecule has 7 heteroatoms. The van der Waals surface area contributed by atoms with E-state index in [-0.39, 0.29) is 0 Å². The standard InChI is InChI=1S/C15H23N3O4/c1-14(2,3)22-13(19)17-11(9-18-8-6-7-16-18)12-10-20-15(4,5)21-12/h6-8,10-11H,9H2,1-5H3,(H,17,19)/t11-/m1/s1. The second-order valence-corrected chi connectivity index (χ2v) is 6.57. The third kappa shape index (κ3) is 4.68. The molecule has 1 aromatic rings. The molecule has 0 unspecified atom stereocenters. The molecule has 122 valence electrons. The molecule has 0 saturated carbocycles. The molecule has 1 atom stereocenters. The Morgan fingerprint density at radius 2 is 2.23 bits per heavy atom. The fraction of sp³-hybridized carbons (Fsp3) is 0.600. The number of carbonyl (C=O) groups is 1. The number of carbonyl (C=O) groups excluding carboxylic acids is 1. The van der Waals surface area contributed by atoms with Crippen molar-refractivity contribution in [2.24, 2.45) is 0 Å². The molecule has 2 rings (SSSR count). The highest BCUT2D eigenvalue weighted by Gasteiger charge is 2.33. The van der Waals surface area contributed by atoms with Crippen molar-refractivity contribution in [3.63, 3.8) is 0 Å². The van der Waals surface area contributed by atoms with Gasteiger partial charge in [0.1, 0.15) is 17.9 Å². The van der Waals surface area contributed by atoms with Gasteiger partial charge in [-0.1, -0.05) is 0 Å². The second-order valence-electron chi connectivity index (χ2n) is 6.57. The number of alkyl carbamates (subject to hydrolysis) is 1. The average Bonchev–Trinajstić information content (AvgIpc) is 2.95. The highest BCUT2D eigenvalue weighted by atomic mass is 16.7. The lowest BCUT2D eigenvalue weighted by molar-refractivity contribution is -0.119. The van der Waals surface area contributed by atoms with Gasteiger partial charge in [-0.15, -0.1) is 0 Å². The molecule has 0 saturated heterocycles. The number of aromatic nitrogens is 2. The van der Waals surface area contributed by atoms with E-state index >= 15 is 0 Å². The number of nitrogens with zero attached hydrogens (tertiary/aromatic N) is 2. The Labute approximate surface area is 130 Å². The Morgan fingerprint density at radius 1 is 1.50 bits per heavy atom. The first-order chi connectivity index (χ1) is 10.1. The summed E-state index contributed by atoms with van der Waals surface area (Å²) >= 11 is 0. The summed E-state index contributed by atoms with van der Waals surface area (Å²) in [7, 11) is 0. The van der Waals surface area contributed by atoms with Crippen LogP contribution in [0.3, 0.4) is 0 Å². The molecule has 0 aromatic carbocycles. The van der Waals surface area contributed by atoms with Crippen LogP contribution in [0.15, 0.2) is 30.5 Å². The molecule has 22 heavy (non-hydrogen) atoms. The van der Waals surface area contributed by atoms with E-state index in [1.807, 2.05) is 33.0 Å². The minimum absolute atomic E-state index is 0.414. The fourth-order valence-corrected chi connectivity index (χ4v) is 1.94. The van der Waals surface area contributed by atoms with Crippen molar-refractivity contribution in [2.45, 2.75) is 58.6 Å². The summed E-state index contributed by atoms with van der Waals surface area (Å²) in [5.74, 6) is -0.209. The van der Waals surface area contributed by atoms with Gasteiger partial charge in [-0.25, -0.2) is 4.79 Å². The Kier molecular flexibility index (Phi) is 4.35. The Balaban J connectivity index is 2.07. The molecule has 1 aliphatic heterocycles. The van der Waals surface area contributed by atoms with Crippen LogP contribution in [0, 0.1) is 0 Å². The van der Waals surface area contributed by atoms with Crippen LogP contribution in [0.1, 0.15) is 34.6 Å². The zero-order valence-corrected chi connectivity index (χ0v) is 13.6. The highest BCUT2D eigenvalue weighted by Crippen LogP contribution is 2.27. The van der Waals surface area contributed by atoms with Crippen LogP contribution < -0.4 is 5.32 Å². The summed E-state index contributed by atoms with van der Waals surface area (Å²) in [6.07, 6.45) is 4.49. The summed E-state index contributed by atoms with van der Waals surface area (Å²) in [6.45, 7) is 9.45. The Bertz CT molecular complexity index is 544. The van der Waals surface area contributed by atoms with E-state index in [0.717, 1.165) is 0 Å². The molecule has 7 nitrogen and oxygen atoms in total. The first-order valence-corrected chi connectivity index (χ1v) is 7.18. The van der Waals surface area contributed by atoms with E-state index in [9.17, 15) is 4.79 Å². The van der Waals surface area contributed by atoms with Crippen LogP contribution in [0.5, 0.6) is 0 Å². The third-order valence-electron chi connectivity index (χ3n) is 2.79. The first-order valence-electron chi connectivity index (χ1n) is 7.18. The van der Waals surface area contributed by atoms with Crippen LogP contribution >= 0.6 is 0 Å². The SMILES string of the molecule is CC(C)(C)OC(=O)N[C@H](Cn1cccn1)C1=COC(C)(C)O1. The van der Waals surface area contributed by atoms with E-state index in [1.165, 1.54) is 6.26 Å². The molecule has 0 bridgehead atoms. The fourth-order valence-electron chi connectivity index (χ4n) is 1.94. The van der Waals surface area contributed by atoms with Gasteiger partial charge < -0.3 is 19.5 Å². The van der Waals surface area contributed by atoms with Crippen molar-refractivity contribution < 1.29 is 19.0 Å². The van der Waals surface area contributed by atoms with Crippen LogP contribution in [-0.4, -0.2) is 33.3 Å². The maximum atomic E-state index is 12.0. The summed E-state index contributed by atoms with van der Waals surface area (Å²) in [5.41, 5.74) is -0.568. The van der Waals surface area contributed by atoms with Gasteiger partial charge >= 0.3 is 6.09 Å². The van der Waals surface area contributed by atoms with Gasteiger partial charge in [0, 0.05) is 26.2 Å². The van der Waals surface area contributed by atoms with Crippen molar-refractivity contribution >= 4 is 6.09 Å². The minimum atomic E-state index is -0.743. The zero-order valence-electron chi connectivity index (χ0n) is 13.6. The van der Waals surface area contributed by atoms with Gasteiger partial charge in [-0.05, 0) is 26.8 Å². The number of ether oxygens (including phenoxy) is 3. The predicted octanol–water partition coefficient (Wildman–Crippen LogP) is 2.40. The molecule has 0 fully saturated rings. The number of nitrogens with one attached hydrogen (secondary N) is 1. The lowest BCUT2D eigenvalue weighted by atomic mass is 10.2. The zero-order chi connectivity index (χ0) is 16.4. The van der Waals surface area contributed by atoms with Crippen molar-refractivity contribution in [2.75, 3.05) is 0 Å². The van der Waals surface area contributed by atoms with Gasteiger partial charge in [0.15, 0.2) is 5.76 Å². The topological polar surface area (TPSA) is 74.6 Å². The number of hydrogen-bond donors (Lipinski definition) is 1. The number of hydrogen-bond acceptors (Lipinski definition) is 5. The van der Waals surface area contributed by atoms with Gasteiger partial charge in [-0.2, -0.15) is 5.10 Å². The Morgan fingerprint density at radius 3 is 2.73 bits per heavy atom. The summed E-state index contributed by atoms with van der Waals surface area (Å²) in [6, 6.07) is 1.38. The predicted molar refractivity (Wildman–Crippen MR) is 79.7 cm³/mol. The summed E-state index contributed by atoms with van der Waals surface area (Å²) in [4.78, 5) is 12.0. The van der Waals surface area contributed by atoms with Gasteiger partial charge in [-0.3, -0.25) is 4.68 Å². The van der Waals surface area contributed by atoms with E-state index < -0.39 is 23.5 Å². The molecular weight excluding hydrogens is 286 g/mol. The van der Waals surface area contributed by atoms with Crippen molar-refractivity contribution in [3.8, 4) is 0 Å². The molecule has 1 aromatic heterocycles. The third-order valence-corrected chi connectivity index (χ3v) is 2.79. The largest absolute Gasteiger partial charge is 0.457 e. The first kappa shape index (κ1) is 16.2. The highest BCUT2D eigenvalue weighted by molar-refractivity contribution is 5.68. The van der Waals surface area contributed by atoms with Crippen molar-refractivity contribution in [1.82, 2.24) is 15.1 Å². The monoisotopic (exact) mass is 309 g/mol. The number of amides is 1. The van der Waals surface area contributed by atoms with E-state index in [2.05, 4.69) is 10.4 Å². The molecule has 0 spiro atoms. The maximum Gasteiger partial charge on any atom is 0.408 e. The Hall–Kier alpha value is -2.18. The molecular formula is C15H23N3O4. The van der Waals surface area contributed by atoms with Crippen LogP contribution in [0.2, 0.25) is 0 Å². The average molecular weight is 309 g/mol. The van der Waals surface area contributed by atoms with Gasteiger partial charge in [0.05, 0.1) is 6.54 Å². The van der Waals surface area contributed by atoms with Crippen LogP contribution in [0.25, 0.3) is 0 Å². The summed E-state index contributed by atoms with van der Waals surface area (Å²) < 4.78 is 18.1. The smallest absolute Gasteiger partial charge is 0.408 e. The van der Waals surface area contributed by atoms with E-state index in [1.54, 1.807) is 24.7 Å². The molecule has 1 amide bonds. The molecule has 1 aliphatic rings. The van der Waals surface area contributed by atoms with E-state index in [0.29, 0.717) is 12.3 Å². The minimum Gasteiger partial charge on any atom is -0.457 e. The van der Waals surface area contributed by atoms with Crippen molar-refractivity contribution in [1.29, 1.82) is 0 Å². The molecule has 0 radical (unpaired) electrons. The summed E-state index contributed by atoms with van der Waals surface area (Å²) in [5, 5.41) is 6.94. The van der Waals surface area contributed by atoms with Gasteiger partial charge in [0.2, 0.25) is 5.79 Å². The quantitative estimate of drug-likeness (QED) is 0.924. The van der Waals surface area contributed by atoms with Crippen LogP contribution in [0.4, 0.5) is 4.79 Å². The molecule has 1 N–H and O–H groups in total. The second kappa shape index (κ2) is 5.90. The normalized spacial score (nSPS) is 18.0. The molecule has 0 aliphatic carbocycles. The molecule has 2 heterocycles. The van der Waals surface area contributed by atoms with Crippen molar-refractivity contribution in [3.05, 3.63) is 30.5 Å². The van der Waals surface area contributed by atoms with Crippen LogP contribution in [-0.2, 0) is 20.8 Å². The lowest BCUT2D eigenvalue weighted by Gasteiger charge is -2.25. The van der Waals surface area contributed by atoms with Gasteiger partial charge in [0.25, 0.3) is 0 Å². The lowest BCUT2D eigenvalue weighted by Crippen LogP contribution is -2.43. The maximum absolute atomic E-state index is 12.0.